The Morgan fingerprint density at radius 1 is 0.750 bits per heavy atom. The first-order valence-corrected chi connectivity index (χ1v) is 10.5. The van der Waals surface area contributed by atoms with Crippen molar-refractivity contribution in [1.82, 2.24) is 0 Å². The molecule has 0 aromatic rings. The highest BCUT2D eigenvalue weighted by atomic mass is 32.3. The van der Waals surface area contributed by atoms with Crippen molar-refractivity contribution in [3.05, 3.63) is 25.4 Å². The fourth-order valence-electron chi connectivity index (χ4n) is 0.962. The van der Waals surface area contributed by atoms with E-state index in [9.17, 15) is 0 Å². The van der Waals surface area contributed by atoms with Crippen LogP contribution in [0.1, 0.15) is 0 Å². The third kappa shape index (κ3) is 3.01. The second-order valence-electron chi connectivity index (χ2n) is 2.54. The van der Waals surface area contributed by atoms with Crippen LogP contribution in [0.15, 0.2) is 25.4 Å². The van der Waals surface area contributed by atoms with E-state index in [0.717, 1.165) is 8.47 Å². The Kier molecular flexibility index (Phi) is 5.56. The highest BCUT2D eigenvalue weighted by molar-refractivity contribution is 8.42. The van der Waals surface area contributed by atoms with Crippen LogP contribution in [-0.2, 0) is 25.3 Å². The van der Waals surface area contributed by atoms with Crippen molar-refractivity contribution in [1.29, 1.82) is 0 Å². The predicted molar refractivity (Wildman–Crippen MR) is 93.2 cm³/mol. The molecule has 2 aliphatic rings. The van der Waals surface area contributed by atoms with Crippen molar-refractivity contribution in [3.63, 3.8) is 0 Å². The summed E-state index contributed by atoms with van der Waals surface area (Å²) in [7, 11) is 0. The lowest BCUT2D eigenvalue weighted by Gasteiger charge is -2.06. The lowest BCUT2D eigenvalue weighted by atomic mass is 11.2. The van der Waals surface area contributed by atoms with Crippen LogP contribution in [0.25, 0.3) is 0 Å². The van der Waals surface area contributed by atoms with Gasteiger partial charge < -0.3 is 25.3 Å². The van der Waals surface area contributed by atoms with E-state index >= 15 is 0 Å². The summed E-state index contributed by atoms with van der Waals surface area (Å²) < 4.78 is 7.10. The molecule has 0 radical (unpaired) electrons. The molecule has 0 nitrogen and oxygen atoms in total. The fourth-order valence-corrected chi connectivity index (χ4v) is 9.27. The topological polar surface area (TPSA) is 0 Å². The van der Waals surface area contributed by atoms with Crippen LogP contribution in [-0.4, -0.2) is 12.5 Å². The monoisotopic (exact) mass is 358 g/mol. The Morgan fingerprint density at radius 2 is 1.12 bits per heavy atom. The second kappa shape index (κ2) is 6.27. The molecule has 0 spiro atoms. The molecule has 0 saturated heterocycles. The molecule has 0 saturated carbocycles. The molecule has 0 unspecified atom stereocenters. The maximum absolute atomic E-state index is 5.33. The van der Waals surface area contributed by atoms with E-state index < -0.39 is 0 Å². The van der Waals surface area contributed by atoms with Gasteiger partial charge in [0.15, 0.2) is 0 Å². The second-order valence-corrected chi connectivity index (χ2v) is 10.6. The normalized spacial score (nSPS) is 26.1. The fraction of sp³-hybridized carbons (Fsp3) is 0.250. The number of hydrogen-bond acceptors (Lipinski definition) is 8. The molecule has 0 aromatic heterocycles. The molecule has 0 N–H and O–H groups in total. The lowest BCUT2D eigenvalue weighted by Crippen LogP contribution is -1.67. The minimum Gasteiger partial charge on any atom is -0.771 e. The van der Waals surface area contributed by atoms with Gasteiger partial charge in [-0.05, 0) is 12.5 Å². The van der Waals surface area contributed by atoms with Gasteiger partial charge in [0.2, 0.25) is 0 Å². The third-order valence-corrected chi connectivity index (χ3v) is 10.8. The van der Waals surface area contributed by atoms with Crippen LogP contribution in [0.3, 0.4) is 0 Å². The third-order valence-electron chi connectivity index (χ3n) is 1.61. The molecule has 0 atom stereocenters. The van der Waals surface area contributed by atoms with Crippen LogP contribution >= 0.6 is 70.6 Å². The van der Waals surface area contributed by atoms with Gasteiger partial charge in [-0.15, -0.1) is 55.5 Å². The standard InChI is InChI=1S/C8H8S8/c1-11-5-3(9)13-7(15-5)8-14-4(10)6(12-2)16-8/h9-10H,1-2H3/p-2/b8-7+. The SMILES string of the molecule is CSC1=C([S-])S/C(=C2/SC([S-])=C(SC)S2)S1. The molecule has 0 aliphatic carbocycles. The summed E-state index contributed by atoms with van der Waals surface area (Å²) >= 11 is 21.1. The molecule has 2 aliphatic heterocycles. The highest BCUT2D eigenvalue weighted by Crippen LogP contribution is 2.62. The van der Waals surface area contributed by atoms with Crippen LogP contribution in [0, 0.1) is 0 Å². The van der Waals surface area contributed by atoms with Crippen molar-refractivity contribution < 1.29 is 0 Å². The predicted octanol–water partition coefficient (Wildman–Crippen LogP) is 5.15. The van der Waals surface area contributed by atoms with Gasteiger partial charge in [-0.1, -0.05) is 23.5 Å². The first kappa shape index (κ1) is 14.2. The smallest absolute Gasteiger partial charge is 0.0690 e. The van der Waals surface area contributed by atoms with Crippen molar-refractivity contribution in [2.75, 3.05) is 12.5 Å². The zero-order valence-electron chi connectivity index (χ0n) is 8.27. The zero-order valence-corrected chi connectivity index (χ0v) is 14.8. The Bertz CT molecular complexity index is 366. The molecular formula is C8H6S8-2. The Labute approximate surface area is 132 Å². The molecule has 2 heterocycles. The summed E-state index contributed by atoms with van der Waals surface area (Å²) in [5.41, 5.74) is 0. The van der Waals surface area contributed by atoms with Gasteiger partial charge in [0.25, 0.3) is 0 Å². The lowest BCUT2D eigenvalue weighted by molar-refractivity contribution is 2.33. The molecule has 88 valence electrons. The molecule has 0 aromatic carbocycles. The van der Waals surface area contributed by atoms with E-state index in [4.69, 9.17) is 25.3 Å². The first-order chi connectivity index (χ1) is 7.65. The molecule has 8 heteroatoms. The van der Waals surface area contributed by atoms with Gasteiger partial charge in [0, 0.05) is 8.47 Å². The largest absolute Gasteiger partial charge is 0.771 e. The summed E-state index contributed by atoms with van der Waals surface area (Å²) in [5.74, 6) is 0. The van der Waals surface area contributed by atoms with Crippen molar-refractivity contribution in [2.24, 2.45) is 0 Å². The average Bonchev–Trinajstić information content (AvgIpc) is 2.81. The zero-order chi connectivity index (χ0) is 11.7. The van der Waals surface area contributed by atoms with Crippen LogP contribution in [0.4, 0.5) is 0 Å². The van der Waals surface area contributed by atoms with Crippen molar-refractivity contribution >= 4 is 95.8 Å². The van der Waals surface area contributed by atoms with Crippen LogP contribution in [0.5, 0.6) is 0 Å². The van der Waals surface area contributed by atoms with Gasteiger partial charge >= 0.3 is 0 Å². The van der Waals surface area contributed by atoms with E-state index in [1.807, 2.05) is 0 Å². The van der Waals surface area contributed by atoms with Gasteiger partial charge in [0.05, 0.1) is 8.47 Å². The quantitative estimate of drug-likeness (QED) is 0.614. The number of thioether (sulfide) groups is 6. The number of rotatable bonds is 2. The van der Waals surface area contributed by atoms with E-state index in [1.165, 1.54) is 16.9 Å². The molecule has 0 fully saturated rings. The maximum Gasteiger partial charge on any atom is 0.0690 e. The van der Waals surface area contributed by atoms with E-state index in [1.54, 1.807) is 70.6 Å². The van der Waals surface area contributed by atoms with Gasteiger partial charge in [-0.3, -0.25) is 0 Å². The number of hydrogen-bond donors (Lipinski definition) is 0. The van der Waals surface area contributed by atoms with Gasteiger partial charge in [0.1, 0.15) is 0 Å². The molecular weight excluding hydrogens is 353 g/mol. The Hall–Kier alpha value is 1.76. The summed E-state index contributed by atoms with van der Waals surface area (Å²) in [5, 5.41) is 0. The summed E-state index contributed by atoms with van der Waals surface area (Å²) in [4.78, 5) is 0. The first-order valence-electron chi connectivity index (χ1n) is 4.02. The van der Waals surface area contributed by atoms with E-state index in [2.05, 4.69) is 12.5 Å². The van der Waals surface area contributed by atoms with E-state index in [0.29, 0.717) is 0 Å². The molecule has 2 rings (SSSR count). The maximum atomic E-state index is 5.33. The van der Waals surface area contributed by atoms with Crippen molar-refractivity contribution in [2.45, 2.75) is 0 Å². The van der Waals surface area contributed by atoms with Gasteiger partial charge in [-0.2, -0.15) is 0 Å². The highest BCUT2D eigenvalue weighted by Gasteiger charge is 2.22. The Morgan fingerprint density at radius 3 is 1.38 bits per heavy atom. The van der Waals surface area contributed by atoms with Crippen LogP contribution < -0.4 is 0 Å². The molecule has 0 bridgehead atoms. The minimum atomic E-state index is 1.00. The summed E-state index contributed by atoms with van der Waals surface area (Å²) in [6, 6.07) is 0. The Balaban J connectivity index is 2.13. The van der Waals surface area contributed by atoms with Crippen LogP contribution in [0.2, 0.25) is 0 Å². The van der Waals surface area contributed by atoms with E-state index in [-0.39, 0.29) is 0 Å². The summed E-state index contributed by atoms with van der Waals surface area (Å²) in [6.07, 6.45) is 4.14. The summed E-state index contributed by atoms with van der Waals surface area (Å²) in [6.45, 7) is 0. The van der Waals surface area contributed by atoms with Gasteiger partial charge in [-0.25, -0.2) is 0 Å². The molecule has 16 heavy (non-hydrogen) atoms. The molecule has 0 amide bonds. The average molecular weight is 359 g/mol. The van der Waals surface area contributed by atoms with Crippen molar-refractivity contribution in [3.8, 4) is 0 Å². The minimum absolute atomic E-state index is 1.00.